The Balaban J connectivity index is 4.65. The molecule has 0 radical (unpaired) electrons. The maximum absolute atomic E-state index is 11.2. The molecule has 0 fully saturated rings. The Labute approximate surface area is 119 Å². The SMILES string of the molecule is CCNC(CCCS(C)(=O)=O)C(OCC)C(C)(C)C. The highest BCUT2D eigenvalue weighted by atomic mass is 32.2. The second-order valence-electron chi connectivity index (χ2n) is 6.18. The molecule has 0 spiro atoms. The second kappa shape index (κ2) is 8.22. The lowest BCUT2D eigenvalue weighted by Gasteiger charge is -2.37. The molecule has 5 heteroatoms. The van der Waals surface area contributed by atoms with E-state index in [0.29, 0.717) is 13.0 Å². The zero-order valence-corrected chi connectivity index (χ0v) is 14.1. The molecule has 0 aliphatic carbocycles. The Morgan fingerprint density at radius 2 is 1.79 bits per heavy atom. The predicted octanol–water partition coefficient (Wildman–Crippen LogP) is 2.24. The highest BCUT2D eigenvalue weighted by Gasteiger charge is 2.32. The number of rotatable bonds is 9. The van der Waals surface area contributed by atoms with Crippen molar-refractivity contribution in [3.63, 3.8) is 0 Å². The van der Waals surface area contributed by atoms with Gasteiger partial charge in [-0.1, -0.05) is 27.7 Å². The topological polar surface area (TPSA) is 55.4 Å². The fourth-order valence-corrected chi connectivity index (χ4v) is 3.03. The van der Waals surface area contributed by atoms with Gasteiger partial charge in [0.1, 0.15) is 9.84 Å². The Kier molecular flexibility index (Phi) is 8.17. The van der Waals surface area contributed by atoms with Crippen molar-refractivity contribution in [1.29, 1.82) is 0 Å². The van der Waals surface area contributed by atoms with E-state index in [-0.39, 0.29) is 23.3 Å². The largest absolute Gasteiger partial charge is 0.376 e. The summed E-state index contributed by atoms with van der Waals surface area (Å²) in [4.78, 5) is 0. The molecule has 2 atom stereocenters. The number of hydrogen-bond donors (Lipinski definition) is 1. The van der Waals surface area contributed by atoms with Crippen molar-refractivity contribution < 1.29 is 13.2 Å². The van der Waals surface area contributed by atoms with Crippen molar-refractivity contribution in [2.75, 3.05) is 25.2 Å². The van der Waals surface area contributed by atoms with Crippen LogP contribution in [0.1, 0.15) is 47.5 Å². The molecule has 0 aromatic heterocycles. The summed E-state index contributed by atoms with van der Waals surface area (Å²) in [6.07, 6.45) is 2.88. The third-order valence-electron chi connectivity index (χ3n) is 3.06. The van der Waals surface area contributed by atoms with Gasteiger partial charge in [0, 0.05) is 24.7 Å². The van der Waals surface area contributed by atoms with Crippen LogP contribution in [0.3, 0.4) is 0 Å². The van der Waals surface area contributed by atoms with E-state index in [0.717, 1.165) is 13.0 Å². The molecule has 0 aromatic carbocycles. The number of sulfone groups is 1. The van der Waals surface area contributed by atoms with Gasteiger partial charge < -0.3 is 10.1 Å². The van der Waals surface area contributed by atoms with Crippen LogP contribution in [0, 0.1) is 5.41 Å². The normalized spacial score (nSPS) is 16.3. The molecule has 0 saturated heterocycles. The van der Waals surface area contributed by atoms with Crippen LogP contribution in [0.5, 0.6) is 0 Å². The molecule has 1 N–H and O–H groups in total. The average molecular weight is 293 g/mol. The van der Waals surface area contributed by atoms with E-state index in [2.05, 4.69) is 33.0 Å². The lowest BCUT2D eigenvalue weighted by Crippen LogP contribution is -2.48. The van der Waals surface area contributed by atoms with Crippen LogP contribution in [0.15, 0.2) is 0 Å². The molecule has 0 aliphatic heterocycles. The van der Waals surface area contributed by atoms with Crippen molar-refractivity contribution in [3.8, 4) is 0 Å². The van der Waals surface area contributed by atoms with Crippen LogP contribution in [0.25, 0.3) is 0 Å². The van der Waals surface area contributed by atoms with E-state index in [1.807, 2.05) is 6.92 Å². The minimum Gasteiger partial charge on any atom is -0.376 e. The summed E-state index contributed by atoms with van der Waals surface area (Å²) in [5, 5.41) is 3.44. The Hall–Kier alpha value is -0.130. The Bertz CT molecular complexity index is 333. The molecule has 4 nitrogen and oxygen atoms in total. The summed E-state index contributed by atoms with van der Waals surface area (Å²) in [5.74, 6) is 0.248. The summed E-state index contributed by atoms with van der Waals surface area (Å²) in [5.41, 5.74) is 0.0357. The fraction of sp³-hybridized carbons (Fsp3) is 1.00. The molecule has 0 rings (SSSR count). The Morgan fingerprint density at radius 1 is 1.21 bits per heavy atom. The van der Waals surface area contributed by atoms with Gasteiger partial charge in [0.25, 0.3) is 0 Å². The first-order valence-electron chi connectivity index (χ1n) is 7.14. The molecule has 116 valence electrons. The molecule has 0 aromatic rings. The van der Waals surface area contributed by atoms with Crippen molar-refractivity contribution in [2.24, 2.45) is 5.41 Å². The number of ether oxygens (including phenoxy) is 1. The van der Waals surface area contributed by atoms with E-state index in [1.54, 1.807) is 0 Å². The minimum atomic E-state index is -2.88. The minimum absolute atomic E-state index is 0.0357. The number of likely N-dealkylation sites (N-methyl/N-ethyl adjacent to an activating group) is 1. The van der Waals surface area contributed by atoms with Crippen LogP contribution in [-0.2, 0) is 14.6 Å². The maximum Gasteiger partial charge on any atom is 0.147 e. The van der Waals surface area contributed by atoms with Gasteiger partial charge in [-0.2, -0.15) is 0 Å². The summed E-state index contributed by atoms with van der Waals surface area (Å²) < 4.78 is 28.3. The van der Waals surface area contributed by atoms with E-state index in [4.69, 9.17) is 4.74 Å². The van der Waals surface area contributed by atoms with Gasteiger partial charge in [0.15, 0.2) is 0 Å². The quantitative estimate of drug-likeness (QED) is 0.708. The molecular weight excluding hydrogens is 262 g/mol. The lowest BCUT2D eigenvalue weighted by molar-refractivity contribution is -0.0371. The van der Waals surface area contributed by atoms with Crippen molar-refractivity contribution in [3.05, 3.63) is 0 Å². The summed E-state index contributed by atoms with van der Waals surface area (Å²) in [7, 11) is -2.88. The Morgan fingerprint density at radius 3 is 2.16 bits per heavy atom. The van der Waals surface area contributed by atoms with Gasteiger partial charge in [-0.15, -0.1) is 0 Å². The van der Waals surface area contributed by atoms with E-state index < -0.39 is 9.84 Å². The summed E-state index contributed by atoms with van der Waals surface area (Å²) in [6.45, 7) is 12.1. The number of nitrogens with one attached hydrogen (secondary N) is 1. The zero-order valence-electron chi connectivity index (χ0n) is 13.3. The molecular formula is C14H31NO3S. The predicted molar refractivity (Wildman–Crippen MR) is 81.3 cm³/mol. The molecule has 0 heterocycles. The first-order valence-corrected chi connectivity index (χ1v) is 9.20. The molecule has 0 saturated carbocycles. The van der Waals surface area contributed by atoms with Gasteiger partial charge in [-0.3, -0.25) is 0 Å². The maximum atomic E-state index is 11.2. The average Bonchev–Trinajstić information content (AvgIpc) is 2.21. The lowest BCUT2D eigenvalue weighted by atomic mass is 9.83. The first-order chi connectivity index (χ1) is 8.61. The zero-order chi connectivity index (χ0) is 15.1. The molecule has 0 amide bonds. The standard InChI is InChI=1S/C14H31NO3S/c1-7-15-12(10-9-11-19(6,16)17)13(18-8-2)14(3,4)5/h12-13,15H,7-11H2,1-6H3. The third kappa shape index (κ3) is 8.60. The highest BCUT2D eigenvalue weighted by Crippen LogP contribution is 2.27. The second-order valence-corrected chi connectivity index (χ2v) is 8.44. The number of hydrogen-bond acceptors (Lipinski definition) is 4. The van der Waals surface area contributed by atoms with Gasteiger partial charge in [-0.05, 0) is 31.7 Å². The van der Waals surface area contributed by atoms with E-state index in [1.165, 1.54) is 6.26 Å². The van der Waals surface area contributed by atoms with Gasteiger partial charge >= 0.3 is 0 Å². The van der Waals surface area contributed by atoms with Gasteiger partial charge in [0.2, 0.25) is 0 Å². The van der Waals surface area contributed by atoms with Crippen molar-refractivity contribution >= 4 is 9.84 Å². The smallest absolute Gasteiger partial charge is 0.147 e. The summed E-state index contributed by atoms with van der Waals surface area (Å²) in [6, 6.07) is 0.201. The fourth-order valence-electron chi connectivity index (χ4n) is 2.34. The van der Waals surface area contributed by atoms with Crippen LogP contribution < -0.4 is 5.32 Å². The van der Waals surface area contributed by atoms with Gasteiger partial charge in [-0.25, -0.2) is 8.42 Å². The first kappa shape index (κ1) is 18.9. The van der Waals surface area contributed by atoms with Crippen molar-refractivity contribution in [1.82, 2.24) is 5.32 Å². The van der Waals surface area contributed by atoms with Crippen molar-refractivity contribution in [2.45, 2.75) is 59.6 Å². The van der Waals surface area contributed by atoms with E-state index in [9.17, 15) is 8.42 Å². The monoisotopic (exact) mass is 293 g/mol. The van der Waals surface area contributed by atoms with E-state index >= 15 is 0 Å². The third-order valence-corrected chi connectivity index (χ3v) is 4.09. The molecule has 2 unspecified atom stereocenters. The highest BCUT2D eigenvalue weighted by molar-refractivity contribution is 7.90. The van der Waals surface area contributed by atoms with Crippen LogP contribution in [0.2, 0.25) is 0 Å². The molecule has 0 bridgehead atoms. The molecule has 19 heavy (non-hydrogen) atoms. The van der Waals surface area contributed by atoms with Crippen LogP contribution in [-0.4, -0.2) is 45.7 Å². The molecule has 0 aliphatic rings. The van der Waals surface area contributed by atoms with Gasteiger partial charge in [0.05, 0.1) is 6.10 Å². The van der Waals surface area contributed by atoms with Crippen LogP contribution >= 0.6 is 0 Å². The van der Waals surface area contributed by atoms with Crippen LogP contribution in [0.4, 0.5) is 0 Å². The summed E-state index contributed by atoms with van der Waals surface area (Å²) >= 11 is 0.